The van der Waals surface area contributed by atoms with E-state index in [0.29, 0.717) is 12.5 Å². The number of carboxylic acid groups (broad SMARTS) is 1. The van der Waals surface area contributed by atoms with Gasteiger partial charge in [-0.3, -0.25) is 4.79 Å². The van der Waals surface area contributed by atoms with Gasteiger partial charge in [-0.25, -0.2) is 9.59 Å². The van der Waals surface area contributed by atoms with E-state index in [9.17, 15) is 14.4 Å². The van der Waals surface area contributed by atoms with E-state index in [1.54, 1.807) is 7.05 Å². The molecule has 0 aromatic heterocycles. The Balaban J connectivity index is 2.44. The zero-order chi connectivity index (χ0) is 16.0. The van der Waals surface area contributed by atoms with Crippen molar-refractivity contribution in [3.63, 3.8) is 0 Å². The first-order chi connectivity index (χ1) is 9.79. The Hall–Kier alpha value is -1.83. The smallest absolute Gasteiger partial charge is 0.326 e. The van der Waals surface area contributed by atoms with Gasteiger partial charge in [0.1, 0.15) is 6.04 Å². The summed E-state index contributed by atoms with van der Waals surface area (Å²) in [6, 6.07) is -1.54. The molecule has 8 nitrogen and oxygen atoms in total. The summed E-state index contributed by atoms with van der Waals surface area (Å²) in [5.41, 5.74) is 4.99. The highest BCUT2D eigenvalue weighted by Crippen LogP contribution is 2.15. The lowest BCUT2D eigenvalue weighted by Gasteiger charge is -2.23. The lowest BCUT2D eigenvalue weighted by atomic mass is 10.1. The summed E-state index contributed by atoms with van der Waals surface area (Å²) in [5, 5.41) is 11.5. The van der Waals surface area contributed by atoms with Crippen LogP contribution in [0.4, 0.5) is 4.79 Å². The SMILES string of the molecule is CN1CCC(CN(C)C(=O)N[C@H](CCC(N)=O)C(=O)O)C1. The quantitative estimate of drug-likeness (QED) is 0.575. The molecule has 2 atom stereocenters. The molecule has 1 saturated heterocycles. The molecule has 0 spiro atoms. The van der Waals surface area contributed by atoms with Crippen LogP contribution in [0.1, 0.15) is 19.3 Å². The van der Waals surface area contributed by atoms with E-state index in [-0.39, 0.29) is 12.8 Å². The minimum Gasteiger partial charge on any atom is -0.480 e. The highest BCUT2D eigenvalue weighted by atomic mass is 16.4. The van der Waals surface area contributed by atoms with Crippen molar-refractivity contribution in [1.29, 1.82) is 0 Å². The molecule has 0 aromatic rings. The predicted molar refractivity (Wildman–Crippen MR) is 76.6 cm³/mol. The number of likely N-dealkylation sites (tertiary alicyclic amines) is 1. The van der Waals surface area contributed by atoms with Crippen LogP contribution in [0.5, 0.6) is 0 Å². The van der Waals surface area contributed by atoms with Crippen molar-refractivity contribution in [2.75, 3.05) is 33.7 Å². The number of carbonyl (C=O) groups excluding carboxylic acids is 2. The number of rotatable bonds is 7. The summed E-state index contributed by atoms with van der Waals surface area (Å²) in [7, 11) is 3.67. The zero-order valence-electron chi connectivity index (χ0n) is 12.5. The summed E-state index contributed by atoms with van der Waals surface area (Å²) in [6.45, 7) is 2.52. The van der Waals surface area contributed by atoms with E-state index in [2.05, 4.69) is 10.2 Å². The second kappa shape index (κ2) is 7.82. The molecule has 1 heterocycles. The van der Waals surface area contributed by atoms with Crippen molar-refractivity contribution in [3.8, 4) is 0 Å². The van der Waals surface area contributed by atoms with Crippen LogP contribution in [-0.4, -0.2) is 72.6 Å². The van der Waals surface area contributed by atoms with Crippen LogP contribution in [0.3, 0.4) is 0 Å². The average Bonchev–Trinajstić information content (AvgIpc) is 2.78. The summed E-state index contributed by atoms with van der Waals surface area (Å²) in [4.78, 5) is 37.5. The Labute approximate surface area is 124 Å². The number of carbonyl (C=O) groups is 3. The fourth-order valence-electron chi connectivity index (χ4n) is 2.45. The number of amides is 3. The molecule has 4 N–H and O–H groups in total. The third-order valence-electron chi connectivity index (χ3n) is 3.64. The van der Waals surface area contributed by atoms with Gasteiger partial charge in [0.2, 0.25) is 5.91 Å². The summed E-state index contributed by atoms with van der Waals surface area (Å²) >= 11 is 0. The molecule has 0 aromatic carbocycles. The van der Waals surface area contributed by atoms with Gasteiger partial charge in [-0.15, -0.1) is 0 Å². The van der Waals surface area contributed by atoms with Crippen LogP contribution in [0.25, 0.3) is 0 Å². The number of aliphatic carboxylic acids is 1. The van der Waals surface area contributed by atoms with Gasteiger partial charge in [-0.05, 0) is 32.4 Å². The van der Waals surface area contributed by atoms with Crippen LogP contribution in [0, 0.1) is 5.92 Å². The normalized spacial score (nSPS) is 20.0. The Kier molecular flexibility index (Phi) is 6.41. The summed E-state index contributed by atoms with van der Waals surface area (Å²) in [5.74, 6) is -1.35. The Morgan fingerprint density at radius 3 is 2.62 bits per heavy atom. The fourth-order valence-corrected chi connectivity index (χ4v) is 2.45. The topological polar surface area (TPSA) is 116 Å². The molecular formula is C13H24N4O4. The first-order valence-electron chi connectivity index (χ1n) is 7.01. The van der Waals surface area contributed by atoms with Crippen molar-refractivity contribution in [1.82, 2.24) is 15.1 Å². The highest BCUT2D eigenvalue weighted by Gasteiger charge is 2.25. The minimum atomic E-state index is -1.17. The number of hydrogen-bond donors (Lipinski definition) is 3. The van der Waals surface area contributed by atoms with Crippen molar-refractivity contribution in [3.05, 3.63) is 0 Å². The average molecular weight is 300 g/mol. The molecule has 120 valence electrons. The van der Waals surface area contributed by atoms with Gasteiger partial charge >= 0.3 is 12.0 Å². The molecule has 1 fully saturated rings. The van der Waals surface area contributed by atoms with Gasteiger partial charge in [-0.1, -0.05) is 0 Å². The molecule has 3 amide bonds. The zero-order valence-corrected chi connectivity index (χ0v) is 12.5. The van der Waals surface area contributed by atoms with Crippen molar-refractivity contribution in [2.24, 2.45) is 11.7 Å². The lowest BCUT2D eigenvalue weighted by molar-refractivity contribution is -0.139. The third-order valence-corrected chi connectivity index (χ3v) is 3.64. The Morgan fingerprint density at radius 1 is 1.48 bits per heavy atom. The van der Waals surface area contributed by atoms with Crippen molar-refractivity contribution in [2.45, 2.75) is 25.3 Å². The number of nitrogens with one attached hydrogen (secondary N) is 1. The number of urea groups is 1. The van der Waals surface area contributed by atoms with Gasteiger partial charge in [0.25, 0.3) is 0 Å². The molecule has 21 heavy (non-hydrogen) atoms. The van der Waals surface area contributed by atoms with E-state index in [1.807, 2.05) is 7.05 Å². The van der Waals surface area contributed by atoms with Gasteiger partial charge in [0.05, 0.1) is 0 Å². The molecule has 1 unspecified atom stereocenters. The first-order valence-corrected chi connectivity index (χ1v) is 7.01. The number of hydrogen-bond acceptors (Lipinski definition) is 4. The molecule has 1 aliphatic heterocycles. The third kappa shape index (κ3) is 5.99. The van der Waals surface area contributed by atoms with E-state index in [0.717, 1.165) is 19.5 Å². The van der Waals surface area contributed by atoms with Crippen LogP contribution in [0.15, 0.2) is 0 Å². The van der Waals surface area contributed by atoms with Crippen LogP contribution in [-0.2, 0) is 9.59 Å². The lowest BCUT2D eigenvalue weighted by Crippen LogP contribution is -2.48. The molecule has 0 aliphatic carbocycles. The van der Waals surface area contributed by atoms with E-state index in [1.165, 1.54) is 4.90 Å². The van der Waals surface area contributed by atoms with Gasteiger partial charge < -0.3 is 26.0 Å². The number of carboxylic acids is 1. The maximum absolute atomic E-state index is 12.0. The Morgan fingerprint density at radius 2 is 2.14 bits per heavy atom. The second-order valence-electron chi connectivity index (χ2n) is 5.64. The van der Waals surface area contributed by atoms with Crippen molar-refractivity contribution < 1.29 is 19.5 Å². The van der Waals surface area contributed by atoms with Crippen molar-refractivity contribution >= 4 is 17.9 Å². The van der Waals surface area contributed by atoms with Gasteiger partial charge in [0.15, 0.2) is 0 Å². The minimum absolute atomic E-state index is 0.00356. The second-order valence-corrected chi connectivity index (χ2v) is 5.64. The van der Waals surface area contributed by atoms with E-state index >= 15 is 0 Å². The number of primary amides is 1. The molecule has 0 bridgehead atoms. The molecule has 0 radical (unpaired) electrons. The van der Waals surface area contributed by atoms with Crippen LogP contribution < -0.4 is 11.1 Å². The fraction of sp³-hybridized carbons (Fsp3) is 0.769. The maximum Gasteiger partial charge on any atom is 0.326 e. The molecule has 1 rings (SSSR count). The summed E-state index contributed by atoms with van der Waals surface area (Å²) in [6.07, 6.45) is 0.947. The van der Waals surface area contributed by atoms with Gasteiger partial charge in [-0.2, -0.15) is 0 Å². The van der Waals surface area contributed by atoms with Gasteiger partial charge in [0, 0.05) is 26.6 Å². The standard InChI is InChI=1S/C13H24N4O4/c1-16-6-5-9(7-16)8-17(2)13(21)15-10(12(19)20)3-4-11(14)18/h9-10H,3-8H2,1-2H3,(H2,14,18)(H,15,21)(H,19,20)/t9?,10-/m1/s1. The number of nitrogens with two attached hydrogens (primary N) is 1. The van der Waals surface area contributed by atoms with E-state index < -0.39 is 23.9 Å². The predicted octanol–water partition coefficient (Wildman–Crippen LogP) is -0.702. The maximum atomic E-state index is 12.0. The Bertz CT molecular complexity index is 402. The highest BCUT2D eigenvalue weighted by molar-refractivity contribution is 5.83. The van der Waals surface area contributed by atoms with Crippen LogP contribution in [0.2, 0.25) is 0 Å². The first kappa shape index (κ1) is 17.2. The molecular weight excluding hydrogens is 276 g/mol. The number of nitrogens with zero attached hydrogens (tertiary/aromatic N) is 2. The molecule has 8 heteroatoms. The largest absolute Gasteiger partial charge is 0.480 e. The van der Waals surface area contributed by atoms with E-state index in [4.69, 9.17) is 10.8 Å². The molecule has 1 aliphatic rings. The monoisotopic (exact) mass is 300 g/mol. The summed E-state index contributed by atoms with van der Waals surface area (Å²) < 4.78 is 0. The molecule has 0 saturated carbocycles. The van der Waals surface area contributed by atoms with Crippen LogP contribution >= 0.6 is 0 Å².